The minimum Gasteiger partial charge on any atom is -0.380 e. The minimum atomic E-state index is 0.525. The van der Waals surface area contributed by atoms with E-state index in [9.17, 15) is 0 Å². The third kappa shape index (κ3) is 2.79. The van der Waals surface area contributed by atoms with Crippen molar-refractivity contribution >= 4 is 0 Å². The fourth-order valence-corrected chi connectivity index (χ4v) is 1.66. The van der Waals surface area contributed by atoms with Gasteiger partial charge in [-0.2, -0.15) is 0 Å². The number of hydrogen-bond acceptors (Lipinski definition) is 3. The third-order valence-electron chi connectivity index (χ3n) is 2.50. The Morgan fingerprint density at radius 1 is 1.43 bits per heavy atom. The number of ether oxygens (including phenoxy) is 1. The maximum atomic E-state index is 5.40. The smallest absolute Gasteiger partial charge is 0.0619 e. The molecule has 0 unspecified atom stereocenters. The second-order valence-electron chi connectivity index (χ2n) is 3.65. The van der Waals surface area contributed by atoms with Crippen LogP contribution < -0.4 is 5.32 Å². The van der Waals surface area contributed by atoms with E-state index < -0.39 is 0 Å². The van der Waals surface area contributed by atoms with Crippen LogP contribution in [0.15, 0.2) is 24.5 Å². The van der Waals surface area contributed by atoms with Crippen LogP contribution in [0.4, 0.5) is 0 Å². The standard InChI is InChI=1S/C11H16N2O/c1-2-11(9-14-7-1)13-8-10-3-5-12-6-4-10/h3-6,11,13H,1-2,7-9H2/t11-/m0/s1. The first-order chi connectivity index (χ1) is 6.95. The Morgan fingerprint density at radius 3 is 3.00 bits per heavy atom. The van der Waals surface area contributed by atoms with Crippen LogP contribution in [0.2, 0.25) is 0 Å². The molecule has 0 aromatic carbocycles. The summed E-state index contributed by atoms with van der Waals surface area (Å²) in [6, 6.07) is 4.60. The van der Waals surface area contributed by atoms with Crippen molar-refractivity contribution in [2.24, 2.45) is 0 Å². The van der Waals surface area contributed by atoms with Crippen molar-refractivity contribution < 1.29 is 4.74 Å². The molecule has 1 atom stereocenters. The summed E-state index contributed by atoms with van der Waals surface area (Å²) < 4.78 is 5.40. The predicted molar refractivity (Wildman–Crippen MR) is 54.9 cm³/mol. The summed E-state index contributed by atoms with van der Waals surface area (Å²) in [6.45, 7) is 2.69. The number of nitrogens with zero attached hydrogens (tertiary/aromatic N) is 1. The second kappa shape index (κ2) is 5.08. The lowest BCUT2D eigenvalue weighted by Crippen LogP contribution is -2.36. The molecule has 0 spiro atoms. The van der Waals surface area contributed by atoms with E-state index in [2.05, 4.69) is 10.3 Å². The van der Waals surface area contributed by atoms with Crippen LogP contribution >= 0.6 is 0 Å². The largest absolute Gasteiger partial charge is 0.380 e. The zero-order valence-corrected chi connectivity index (χ0v) is 8.28. The highest BCUT2D eigenvalue weighted by Crippen LogP contribution is 2.06. The van der Waals surface area contributed by atoms with Gasteiger partial charge in [-0.25, -0.2) is 0 Å². The maximum Gasteiger partial charge on any atom is 0.0619 e. The topological polar surface area (TPSA) is 34.1 Å². The molecule has 1 N–H and O–H groups in total. The Balaban J connectivity index is 1.76. The van der Waals surface area contributed by atoms with Crippen molar-refractivity contribution in [2.75, 3.05) is 13.2 Å². The van der Waals surface area contributed by atoms with E-state index in [1.807, 2.05) is 24.5 Å². The molecule has 1 aromatic heterocycles. The van der Waals surface area contributed by atoms with Gasteiger partial charge in [-0.15, -0.1) is 0 Å². The van der Waals surface area contributed by atoms with Crippen molar-refractivity contribution in [2.45, 2.75) is 25.4 Å². The summed E-state index contributed by atoms with van der Waals surface area (Å²) in [4.78, 5) is 3.99. The molecule has 2 heterocycles. The van der Waals surface area contributed by atoms with Gasteiger partial charge in [-0.1, -0.05) is 0 Å². The van der Waals surface area contributed by atoms with E-state index in [4.69, 9.17) is 4.74 Å². The van der Waals surface area contributed by atoms with Crippen LogP contribution in [0.1, 0.15) is 18.4 Å². The van der Waals surface area contributed by atoms with Crippen molar-refractivity contribution in [3.8, 4) is 0 Å². The molecule has 1 aliphatic rings. The number of aromatic nitrogens is 1. The minimum absolute atomic E-state index is 0.525. The molecule has 0 bridgehead atoms. The monoisotopic (exact) mass is 192 g/mol. The molecule has 1 aliphatic heterocycles. The summed E-state index contributed by atoms with van der Waals surface area (Å²) in [7, 11) is 0. The molecular formula is C11H16N2O. The molecule has 1 saturated heterocycles. The van der Waals surface area contributed by atoms with Crippen LogP contribution in [-0.2, 0) is 11.3 Å². The lowest BCUT2D eigenvalue weighted by molar-refractivity contribution is 0.0699. The Labute approximate surface area is 84.5 Å². The quantitative estimate of drug-likeness (QED) is 0.785. The van der Waals surface area contributed by atoms with Gasteiger partial charge in [0.15, 0.2) is 0 Å². The maximum absolute atomic E-state index is 5.40. The molecule has 76 valence electrons. The van der Waals surface area contributed by atoms with Gasteiger partial charge in [-0.05, 0) is 30.5 Å². The van der Waals surface area contributed by atoms with Gasteiger partial charge in [0.05, 0.1) is 6.61 Å². The first-order valence-electron chi connectivity index (χ1n) is 5.15. The molecule has 1 aromatic rings. The third-order valence-corrected chi connectivity index (χ3v) is 2.50. The molecule has 1 fully saturated rings. The molecule has 3 nitrogen and oxygen atoms in total. The fourth-order valence-electron chi connectivity index (χ4n) is 1.66. The number of rotatable bonds is 3. The normalized spacial score (nSPS) is 22.1. The van der Waals surface area contributed by atoms with Crippen LogP contribution in [0.25, 0.3) is 0 Å². The molecule has 3 heteroatoms. The molecule has 14 heavy (non-hydrogen) atoms. The highest BCUT2D eigenvalue weighted by atomic mass is 16.5. The lowest BCUT2D eigenvalue weighted by Gasteiger charge is -2.23. The molecule has 2 rings (SSSR count). The second-order valence-corrected chi connectivity index (χ2v) is 3.65. The van der Waals surface area contributed by atoms with Crippen LogP contribution in [0.3, 0.4) is 0 Å². The number of nitrogens with one attached hydrogen (secondary N) is 1. The Bertz CT molecular complexity index is 257. The molecule has 0 radical (unpaired) electrons. The SMILES string of the molecule is c1cc(CN[C@H]2CCCOC2)ccn1. The Morgan fingerprint density at radius 2 is 2.29 bits per heavy atom. The first kappa shape index (κ1) is 9.62. The summed E-state index contributed by atoms with van der Waals surface area (Å²) in [5, 5.41) is 3.49. The zero-order chi connectivity index (χ0) is 9.64. The predicted octanol–water partition coefficient (Wildman–Crippen LogP) is 1.35. The van der Waals surface area contributed by atoms with Gasteiger partial charge in [0.2, 0.25) is 0 Å². The number of hydrogen-bond donors (Lipinski definition) is 1. The fraction of sp³-hybridized carbons (Fsp3) is 0.545. The Kier molecular flexibility index (Phi) is 3.49. The van der Waals surface area contributed by atoms with E-state index in [0.717, 1.165) is 19.8 Å². The number of pyridine rings is 1. The van der Waals surface area contributed by atoms with E-state index in [1.165, 1.54) is 18.4 Å². The van der Waals surface area contributed by atoms with E-state index in [0.29, 0.717) is 6.04 Å². The van der Waals surface area contributed by atoms with E-state index in [1.54, 1.807) is 0 Å². The van der Waals surface area contributed by atoms with Crippen molar-refractivity contribution in [3.63, 3.8) is 0 Å². The zero-order valence-electron chi connectivity index (χ0n) is 8.28. The van der Waals surface area contributed by atoms with Gasteiger partial charge < -0.3 is 10.1 Å². The van der Waals surface area contributed by atoms with Gasteiger partial charge in [0, 0.05) is 31.6 Å². The average Bonchev–Trinajstić information content (AvgIpc) is 2.29. The molecular weight excluding hydrogens is 176 g/mol. The van der Waals surface area contributed by atoms with Crippen molar-refractivity contribution in [1.29, 1.82) is 0 Å². The first-order valence-corrected chi connectivity index (χ1v) is 5.15. The van der Waals surface area contributed by atoms with E-state index >= 15 is 0 Å². The molecule has 0 saturated carbocycles. The van der Waals surface area contributed by atoms with Gasteiger partial charge >= 0.3 is 0 Å². The molecule has 0 amide bonds. The van der Waals surface area contributed by atoms with Crippen LogP contribution in [0, 0.1) is 0 Å². The average molecular weight is 192 g/mol. The van der Waals surface area contributed by atoms with Crippen molar-refractivity contribution in [1.82, 2.24) is 10.3 Å². The molecule has 0 aliphatic carbocycles. The van der Waals surface area contributed by atoms with Crippen molar-refractivity contribution in [3.05, 3.63) is 30.1 Å². The highest BCUT2D eigenvalue weighted by Gasteiger charge is 2.12. The summed E-state index contributed by atoms with van der Waals surface area (Å²) in [5.41, 5.74) is 1.28. The highest BCUT2D eigenvalue weighted by molar-refractivity contribution is 5.09. The van der Waals surface area contributed by atoms with Gasteiger partial charge in [0.1, 0.15) is 0 Å². The van der Waals surface area contributed by atoms with Gasteiger partial charge in [-0.3, -0.25) is 4.98 Å². The summed E-state index contributed by atoms with van der Waals surface area (Å²) in [6.07, 6.45) is 6.06. The van der Waals surface area contributed by atoms with E-state index in [-0.39, 0.29) is 0 Å². The van der Waals surface area contributed by atoms with Crippen LogP contribution in [0.5, 0.6) is 0 Å². The summed E-state index contributed by atoms with van der Waals surface area (Å²) in [5.74, 6) is 0. The Hall–Kier alpha value is -0.930. The lowest BCUT2D eigenvalue weighted by atomic mass is 10.1. The van der Waals surface area contributed by atoms with Gasteiger partial charge in [0.25, 0.3) is 0 Å². The summed E-state index contributed by atoms with van der Waals surface area (Å²) >= 11 is 0. The van der Waals surface area contributed by atoms with Crippen LogP contribution in [-0.4, -0.2) is 24.2 Å².